The van der Waals surface area contributed by atoms with E-state index >= 15 is 0 Å². The lowest BCUT2D eigenvalue weighted by molar-refractivity contribution is -0.184. The Kier molecular flexibility index (Phi) is 3.82. The number of ether oxygens (including phenoxy) is 1. The number of rotatable bonds is 1. The molecule has 0 radical (unpaired) electrons. The van der Waals surface area contributed by atoms with Gasteiger partial charge in [0.25, 0.3) is 0 Å². The SMILES string of the molecule is CC(C)(C)c1cc2c(cc1Cl)C=C(C=O)C(C(F)(F)F)O2. The van der Waals surface area contributed by atoms with Crippen molar-refractivity contribution >= 4 is 24.0 Å². The fourth-order valence-corrected chi connectivity index (χ4v) is 2.62. The lowest BCUT2D eigenvalue weighted by Crippen LogP contribution is -2.38. The third kappa shape index (κ3) is 3.07. The van der Waals surface area contributed by atoms with Crippen molar-refractivity contribution in [3.63, 3.8) is 0 Å². The Labute approximate surface area is 125 Å². The highest BCUT2D eigenvalue weighted by Gasteiger charge is 2.46. The Morgan fingerprint density at radius 2 is 1.86 bits per heavy atom. The van der Waals surface area contributed by atoms with Crippen molar-refractivity contribution in [3.8, 4) is 5.75 Å². The molecule has 1 aliphatic rings. The molecule has 0 spiro atoms. The van der Waals surface area contributed by atoms with E-state index in [0.717, 1.165) is 0 Å². The highest BCUT2D eigenvalue weighted by atomic mass is 35.5. The molecule has 0 aromatic heterocycles. The molecule has 1 unspecified atom stereocenters. The number of carbonyl (C=O) groups is 1. The van der Waals surface area contributed by atoms with Gasteiger partial charge >= 0.3 is 6.18 Å². The van der Waals surface area contributed by atoms with Crippen molar-refractivity contribution in [2.24, 2.45) is 0 Å². The predicted molar refractivity (Wildman–Crippen MR) is 74.7 cm³/mol. The van der Waals surface area contributed by atoms with E-state index in [4.69, 9.17) is 16.3 Å². The van der Waals surface area contributed by atoms with Crippen LogP contribution in [-0.2, 0) is 10.2 Å². The summed E-state index contributed by atoms with van der Waals surface area (Å²) in [6, 6.07) is 3.03. The summed E-state index contributed by atoms with van der Waals surface area (Å²) in [5.74, 6) is 0.0808. The second-order valence-corrected chi connectivity index (χ2v) is 6.33. The molecule has 0 saturated heterocycles. The summed E-state index contributed by atoms with van der Waals surface area (Å²) in [7, 11) is 0. The number of halogens is 4. The van der Waals surface area contributed by atoms with Gasteiger partial charge in [-0.25, -0.2) is 0 Å². The molecule has 0 aliphatic carbocycles. The molecule has 6 heteroatoms. The molecule has 0 N–H and O–H groups in total. The minimum atomic E-state index is -4.65. The van der Waals surface area contributed by atoms with Crippen molar-refractivity contribution < 1.29 is 22.7 Å². The van der Waals surface area contributed by atoms with Gasteiger partial charge in [0.15, 0.2) is 0 Å². The Morgan fingerprint density at radius 1 is 1.24 bits per heavy atom. The summed E-state index contributed by atoms with van der Waals surface area (Å²) in [6.45, 7) is 5.70. The minimum Gasteiger partial charge on any atom is -0.475 e. The highest BCUT2D eigenvalue weighted by molar-refractivity contribution is 6.31. The molecule has 2 rings (SSSR count). The normalized spacial score (nSPS) is 18.6. The van der Waals surface area contributed by atoms with Gasteiger partial charge in [0.1, 0.15) is 12.0 Å². The number of carbonyl (C=O) groups excluding carboxylic acids is 1. The predicted octanol–water partition coefficient (Wildman–Crippen LogP) is 4.54. The van der Waals surface area contributed by atoms with Gasteiger partial charge in [-0.1, -0.05) is 32.4 Å². The highest BCUT2D eigenvalue weighted by Crippen LogP contribution is 2.41. The summed E-state index contributed by atoms with van der Waals surface area (Å²) >= 11 is 6.17. The van der Waals surface area contributed by atoms with Crippen LogP contribution < -0.4 is 4.74 Å². The van der Waals surface area contributed by atoms with E-state index in [-0.39, 0.29) is 17.5 Å². The number of alkyl halides is 3. The van der Waals surface area contributed by atoms with Crippen LogP contribution in [0, 0.1) is 0 Å². The smallest absolute Gasteiger partial charge is 0.429 e. The number of hydrogen-bond acceptors (Lipinski definition) is 2. The first kappa shape index (κ1) is 15.9. The fourth-order valence-electron chi connectivity index (χ4n) is 2.16. The molecule has 1 aromatic carbocycles. The van der Waals surface area contributed by atoms with E-state index in [1.807, 2.05) is 20.8 Å². The van der Waals surface area contributed by atoms with Gasteiger partial charge in [-0.15, -0.1) is 0 Å². The Morgan fingerprint density at radius 3 is 2.33 bits per heavy atom. The zero-order chi connectivity index (χ0) is 16.0. The standard InChI is InChI=1S/C15H14ClF3O2/c1-14(2,3)10-6-12-8(5-11(10)16)4-9(7-20)13(21-12)15(17,18)19/h4-7,13H,1-3H3. The molecule has 1 aromatic rings. The first-order valence-electron chi connectivity index (χ1n) is 6.28. The third-order valence-corrected chi connectivity index (χ3v) is 3.52. The quantitative estimate of drug-likeness (QED) is 0.710. The van der Waals surface area contributed by atoms with Crippen LogP contribution >= 0.6 is 11.6 Å². The lowest BCUT2D eigenvalue weighted by atomic mass is 9.85. The molecule has 1 heterocycles. The van der Waals surface area contributed by atoms with E-state index in [0.29, 0.717) is 16.1 Å². The monoisotopic (exact) mass is 318 g/mol. The molecule has 2 nitrogen and oxygen atoms in total. The van der Waals surface area contributed by atoms with Crippen LogP contribution in [0.4, 0.5) is 13.2 Å². The van der Waals surface area contributed by atoms with Crippen LogP contribution in [0.25, 0.3) is 6.08 Å². The van der Waals surface area contributed by atoms with Gasteiger partial charge in [-0.2, -0.15) is 13.2 Å². The Hall–Kier alpha value is -1.49. The summed E-state index contributed by atoms with van der Waals surface area (Å²) in [5.41, 5.74) is 0.259. The van der Waals surface area contributed by atoms with Crippen LogP contribution in [0.3, 0.4) is 0 Å². The van der Waals surface area contributed by atoms with Crippen LogP contribution in [0.5, 0.6) is 5.75 Å². The molecule has 1 atom stereocenters. The average molecular weight is 319 g/mol. The summed E-state index contributed by atoms with van der Waals surface area (Å²) < 4.78 is 43.8. The maximum atomic E-state index is 12.9. The average Bonchev–Trinajstić information content (AvgIpc) is 2.33. The number of aldehydes is 1. The van der Waals surface area contributed by atoms with Crippen LogP contribution in [-0.4, -0.2) is 18.6 Å². The molecule has 21 heavy (non-hydrogen) atoms. The fraction of sp³-hybridized carbons (Fsp3) is 0.400. The molecule has 1 aliphatic heterocycles. The topological polar surface area (TPSA) is 26.3 Å². The second-order valence-electron chi connectivity index (χ2n) is 5.92. The first-order chi connectivity index (χ1) is 9.54. The maximum absolute atomic E-state index is 12.9. The number of fused-ring (bicyclic) bond motifs is 1. The molecule has 0 fully saturated rings. The van der Waals surface area contributed by atoms with Crippen molar-refractivity contribution in [1.82, 2.24) is 0 Å². The van der Waals surface area contributed by atoms with Crippen molar-refractivity contribution in [2.45, 2.75) is 38.5 Å². The number of benzene rings is 1. The second kappa shape index (κ2) is 5.05. The maximum Gasteiger partial charge on any atom is 0.429 e. The lowest BCUT2D eigenvalue weighted by Gasteiger charge is -2.29. The van der Waals surface area contributed by atoms with Gasteiger partial charge in [-0.05, 0) is 29.2 Å². The van der Waals surface area contributed by atoms with Crippen LogP contribution in [0.1, 0.15) is 31.9 Å². The summed E-state index contributed by atoms with van der Waals surface area (Å²) in [5, 5.41) is 0.428. The van der Waals surface area contributed by atoms with E-state index < -0.39 is 17.9 Å². The van der Waals surface area contributed by atoms with E-state index in [2.05, 4.69) is 0 Å². The molecule has 0 amide bonds. The first-order valence-corrected chi connectivity index (χ1v) is 6.66. The zero-order valence-corrected chi connectivity index (χ0v) is 12.5. The summed E-state index contributed by atoms with van der Waals surface area (Å²) in [6.07, 6.45) is -5.56. The minimum absolute atomic E-state index is 0.0808. The number of hydrogen-bond donors (Lipinski definition) is 0. The zero-order valence-electron chi connectivity index (χ0n) is 11.7. The van der Waals surface area contributed by atoms with Gasteiger partial charge in [-0.3, -0.25) is 4.79 Å². The third-order valence-electron chi connectivity index (χ3n) is 3.21. The Balaban J connectivity index is 2.57. The van der Waals surface area contributed by atoms with Gasteiger partial charge < -0.3 is 4.74 Å². The van der Waals surface area contributed by atoms with Crippen molar-refractivity contribution in [2.75, 3.05) is 0 Å². The largest absolute Gasteiger partial charge is 0.475 e. The molecule has 0 saturated carbocycles. The van der Waals surface area contributed by atoms with Gasteiger partial charge in [0.2, 0.25) is 6.10 Å². The van der Waals surface area contributed by atoms with E-state index in [1.165, 1.54) is 18.2 Å². The molecule has 114 valence electrons. The summed E-state index contributed by atoms with van der Waals surface area (Å²) in [4.78, 5) is 10.9. The van der Waals surface area contributed by atoms with Gasteiger partial charge in [0.05, 0.1) is 0 Å². The molecular formula is C15H14ClF3O2. The van der Waals surface area contributed by atoms with E-state index in [9.17, 15) is 18.0 Å². The van der Waals surface area contributed by atoms with E-state index in [1.54, 1.807) is 0 Å². The van der Waals surface area contributed by atoms with Crippen LogP contribution in [0.15, 0.2) is 17.7 Å². The van der Waals surface area contributed by atoms with Crippen LogP contribution in [0.2, 0.25) is 5.02 Å². The molecular weight excluding hydrogens is 305 g/mol. The Bertz CT molecular complexity index is 613. The van der Waals surface area contributed by atoms with Crippen molar-refractivity contribution in [1.29, 1.82) is 0 Å². The van der Waals surface area contributed by atoms with Gasteiger partial charge in [0, 0.05) is 16.2 Å². The molecule has 0 bridgehead atoms. The van der Waals surface area contributed by atoms with Crippen molar-refractivity contribution in [3.05, 3.63) is 33.9 Å².